The highest BCUT2D eigenvalue weighted by Gasteiger charge is 2.23. The number of aromatic nitrogens is 2. The summed E-state index contributed by atoms with van der Waals surface area (Å²) in [5.41, 5.74) is 18.8. The molecule has 63 heavy (non-hydrogen) atoms. The van der Waals surface area contributed by atoms with Crippen LogP contribution in [0.15, 0.2) is 212 Å². The van der Waals surface area contributed by atoms with Gasteiger partial charge in [-0.1, -0.05) is 133 Å². The molecular weight excluding hydrogens is 781 g/mol. The molecule has 0 spiro atoms. The molecule has 0 fully saturated rings. The van der Waals surface area contributed by atoms with E-state index < -0.39 is 0 Å². The van der Waals surface area contributed by atoms with Crippen molar-refractivity contribution in [3.63, 3.8) is 0 Å². The van der Waals surface area contributed by atoms with Gasteiger partial charge in [-0.15, -0.1) is 11.3 Å². The number of nitrogens with zero attached hydrogens (tertiary/aromatic N) is 2. The van der Waals surface area contributed by atoms with Crippen LogP contribution in [0.4, 0.5) is 0 Å². The first-order valence-electron chi connectivity index (χ1n) is 21.9. The van der Waals surface area contributed by atoms with E-state index >= 15 is 0 Å². The molecule has 296 valence electrons. The highest BCUT2D eigenvalue weighted by atomic mass is 32.1. The average Bonchev–Trinajstić information content (AvgIpc) is 4.01. The van der Waals surface area contributed by atoms with Gasteiger partial charge in [0.15, 0.2) is 0 Å². The van der Waals surface area contributed by atoms with Gasteiger partial charge >= 0.3 is 0 Å². The van der Waals surface area contributed by atoms with Gasteiger partial charge in [-0.3, -0.25) is 0 Å². The van der Waals surface area contributed by atoms with Crippen LogP contribution in [-0.4, -0.2) is 9.13 Å². The number of hydrogen-bond donors (Lipinski definition) is 0. The average molecular weight is 821 g/mol. The molecule has 9 aromatic carbocycles. The van der Waals surface area contributed by atoms with E-state index in [1.807, 2.05) is 11.3 Å². The molecule has 12 aromatic rings. The molecule has 0 bridgehead atoms. The lowest BCUT2D eigenvalue weighted by molar-refractivity contribution is 0.898. The maximum Gasteiger partial charge on any atom is 0.0541 e. The molecule has 0 radical (unpaired) electrons. The van der Waals surface area contributed by atoms with Gasteiger partial charge in [0.1, 0.15) is 0 Å². The molecule has 13 rings (SSSR count). The first kappa shape index (κ1) is 36.0. The number of benzene rings is 9. The van der Waals surface area contributed by atoms with E-state index in [1.165, 1.54) is 120 Å². The number of thiophene rings is 1. The first-order chi connectivity index (χ1) is 31.2. The minimum atomic E-state index is 0.996. The molecule has 0 atom stereocenters. The summed E-state index contributed by atoms with van der Waals surface area (Å²) in [7, 11) is 0. The first-order valence-corrected chi connectivity index (χ1v) is 22.7. The summed E-state index contributed by atoms with van der Waals surface area (Å²) in [6.45, 7) is 0. The largest absolute Gasteiger partial charge is 0.313 e. The van der Waals surface area contributed by atoms with E-state index in [2.05, 4.69) is 228 Å². The smallest absolute Gasteiger partial charge is 0.0541 e. The fourth-order valence-corrected chi connectivity index (χ4v) is 11.3. The van der Waals surface area contributed by atoms with Gasteiger partial charge in [0.25, 0.3) is 0 Å². The van der Waals surface area contributed by atoms with Crippen molar-refractivity contribution in [1.29, 1.82) is 0 Å². The molecule has 2 nitrogen and oxygen atoms in total. The third-order valence-corrected chi connectivity index (χ3v) is 14.4. The van der Waals surface area contributed by atoms with E-state index in [4.69, 9.17) is 0 Å². The van der Waals surface area contributed by atoms with E-state index in [0.29, 0.717) is 0 Å². The SMILES string of the molecule is C1=C(c2ccccc2)CCc2c1c1cc(-c3cccc(-c4ccc5c(c4)c4cc(-c6ccccc6)ccc4n5-c4ccc5sc6ccccc6c5c4)c3)ccc1n2-c1ccccc1. The van der Waals surface area contributed by atoms with Crippen LogP contribution in [0.3, 0.4) is 0 Å². The van der Waals surface area contributed by atoms with Crippen molar-refractivity contribution in [1.82, 2.24) is 9.13 Å². The highest BCUT2D eigenvalue weighted by molar-refractivity contribution is 7.25. The summed E-state index contributed by atoms with van der Waals surface area (Å²) >= 11 is 1.87. The summed E-state index contributed by atoms with van der Waals surface area (Å²) in [5, 5.41) is 6.41. The fraction of sp³-hybridized carbons (Fsp3) is 0.0333. The Bertz CT molecular complexity index is 3770. The van der Waals surface area contributed by atoms with Crippen LogP contribution in [-0.2, 0) is 6.42 Å². The molecule has 3 heteroatoms. The molecule has 3 heterocycles. The Morgan fingerprint density at radius 2 is 0.857 bits per heavy atom. The van der Waals surface area contributed by atoms with Crippen LogP contribution in [0.25, 0.3) is 109 Å². The molecular formula is C60H40N2S. The number of rotatable bonds is 6. The molecule has 0 saturated carbocycles. The molecule has 0 aliphatic heterocycles. The van der Waals surface area contributed by atoms with Crippen molar-refractivity contribution in [2.45, 2.75) is 12.8 Å². The lowest BCUT2D eigenvalue weighted by atomic mass is 9.90. The van der Waals surface area contributed by atoms with Gasteiger partial charge in [-0.05, 0) is 142 Å². The topological polar surface area (TPSA) is 9.86 Å². The van der Waals surface area contributed by atoms with E-state index in [0.717, 1.165) is 12.8 Å². The normalized spacial score (nSPS) is 12.7. The summed E-state index contributed by atoms with van der Waals surface area (Å²) in [5.74, 6) is 0. The third-order valence-electron chi connectivity index (χ3n) is 13.2. The van der Waals surface area contributed by atoms with Crippen LogP contribution in [0.2, 0.25) is 0 Å². The maximum absolute atomic E-state index is 2.48. The van der Waals surface area contributed by atoms with Gasteiger partial charge < -0.3 is 9.13 Å². The Kier molecular flexibility index (Phi) is 8.25. The van der Waals surface area contributed by atoms with Crippen molar-refractivity contribution < 1.29 is 0 Å². The molecule has 1 aliphatic carbocycles. The molecule has 0 N–H and O–H groups in total. The number of allylic oxidation sites excluding steroid dienone is 1. The van der Waals surface area contributed by atoms with Gasteiger partial charge in [0.2, 0.25) is 0 Å². The van der Waals surface area contributed by atoms with Gasteiger partial charge in [0.05, 0.1) is 16.6 Å². The number of para-hydroxylation sites is 1. The zero-order valence-electron chi connectivity index (χ0n) is 34.5. The molecule has 0 saturated heterocycles. The lowest BCUT2D eigenvalue weighted by Gasteiger charge is -2.17. The monoisotopic (exact) mass is 820 g/mol. The molecule has 3 aromatic heterocycles. The fourth-order valence-electron chi connectivity index (χ4n) is 10.2. The summed E-state index contributed by atoms with van der Waals surface area (Å²) in [6, 6.07) is 78.4. The number of fused-ring (bicyclic) bond motifs is 9. The Balaban J connectivity index is 0.957. The molecule has 0 unspecified atom stereocenters. The maximum atomic E-state index is 2.48. The van der Waals surface area contributed by atoms with Crippen molar-refractivity contribution in [3.05, 3.63) is 229 Å². The van der Waals surface area contributed by atoms with Crippen molar-refractivity contribution >= 4 is 75.9 Å². The third kappa shape index (κ3) is 5.92. The zero-order valence-corrected chi connectivity index (χ0v) is 35.3. The summed E-state index contributed by atoms with van der Waals surface area (Å²) in [6.07, 6.45) is 4.47. The Labute approximate surface area is 369 Å². The standard InChI is InChI=1S/C60H40N2S/c1-4-13-39(14-5-1)43-23-28-55-50(34-43)52-36-45(25-30-56(52)61(55)47-19-8-3-9-20-47)41-17-12-18-42(33-41)46-26-31-58-53(37-46)51-35-44(40-15-6-2-7-16-40)24-29-57(51)62(58)48-27-32-60-54(38-48)49-21-10-11-22-59(49)63-60/h1-22,24-27,29-38H,23,28H2. The Hall–Kier alpha value is -7.72. The number of hydrogen-bond acceptors (Lipinski definition) is 1. The summed E-state index contributed by atoms with van der Waals surface area (Å²) in [4.78, 5) is 0. The Morgan fingerprint density at radius 3 is 1.56 bits per heavy atom. The quantitative estimate of drug-likeness (QED) is 0.158. The van der Waals surface area contributed by atoms with Gasteiger partial charge in [-0.25, -0.2) is 0 Å². The predicted octanol–water partition coefficient (Wildman–Crippen LogP) is 16.6. The van der Waals surface area contributed by atoms with E-state index in [-0.39, 0.29) is 0 Å². The van der Waals surface area contributed by atoms with Crippen molar-refractivity contribution in [3.8, 4) is 44.8 Å². The second-order valence-corrected chi connectivity index (χ2v) is 17.9. The second-order valence-electron chi connectivity index (χ2n) is 16.8. The van der Waals surface area contributed by atoms with Gasteiger partial charge in [0, 0.05) is 59.0 Å². The van der Waals surface area contributed by atoms with E-state index in [9.17, 15) is 0 Å². The lowest BCUT2D eigenvalue weighted by Crippen LogP contribution is -2.05. The van der Waals surface area contributed by atoms with Crippen LogP contribution in [0.1, 0.15) is 23.2 Å². The van der Waals surface area contributed by atoms with Gasteiger partial charge in [-0.2, -0.15) is 0 Å². The minimum Gasteiger partial charge on any atom is -0.313 e. The molecule has 0 amide bonds. The second kappa shape index (κ2) is 14.4. The Morgan fingerprint density at radius 1 is 0.317 bits per heavy atom. The predicted molar refractivity (Wildman–Crippen MR) is 269 cm³/mol. The molecule has 1 aliphatic rings. The minimum absolute atomic E-state index is 0.996. The van der Waals surface area contributed by atoms with Crippen LogP contribution in [0, 0.1) is 0 Å². The van der Waals surface area contributed by atoms with Crippen LogP contribution < -0.4 is 0 Å². The highest BCUT2D eigenvalue weighted by Crippen LogP contribution is 2.43. The van der Waals surface area contributed by atoms with Crippen LogP contribution in [0.5, 0.6) is 0 Å². The van der Waals surface area contributed by atoms with Crippen molar-refractivity contribution in [2.24, 2.45) is 0 Å². The van der Waals surface area contributed by atoms with Crippen molar-refractivity contribution in [2.75, 3.05) is 0 Å². The van der Waals surface area contributed by atoms with E-state index in [1.54, 1.807) is 0 Å². The van der Waals surface area contributed by atoms with Crippen LogP contribution >= 0.6 is 11.3 Å². The zero-order chi connectivity index (χ0) is 41.4. The summed E-state index contributed by atoms with van der Waals surface area (Å²) < 4.78 is 7.58.